The molecule has 3 rings (SSSR count). The van der Waals surface area contributed by atoms with E-state index in [1.165, 1.54) is 12.1 Å². The van der Waals surface area contributed by atoms with Crippen molar-refractivity contribution in [2.75, 3.05) is 13.2 Å². The van der Waals surface area contributed by atoms with Gasteiger partial charge in [0.2, 0.25) is 15.8 Å². The lowest BCUT2D eigenvalue weighted by atomic mass is 10.0. The van der Waals surface area contributed by atoms with Gasteiger partial charge in [0.05, 0.1) is 4.90 Å². The standard InChI is InChI=1S/C22H21NO5S/c1-15-7-8-16(2)20(11-15)21(24)14-28-22(25)13-23-29(26,27)19-10-9-17-5-3-4-6-18(17)12-19/h3-12,23H,13-14H2,1-2H3. The molecule has 0 atom stereocenters. The smallest absolute Gasteiger partial charge is 0.321 e. The first-order valence-electron chi connectivity index (χ1n) is 9.01. The second-order valence-electron chi connectivity index (χ2n) is 6.74. The number of nitrogens with one attached hydrogen (secondary N) is 1. The van der Waals surface area contributed by atoms with E-state index in [-0.39, 0.29) is 10.7 Å². The predicted molar refractivity (Wildman–Crippen MR) is 110 cm³/mol. The highest BCUT2D eigenvalue weighted by atomic mass is 32.2. The number of rotatable bonds is 7. The molecule has 1 N–H and O–H groups in total. The summed E-state index contributed by atoms with van der Waals surface area (Å²) in [5, 5.41) is 1.69. The van der Waals surface area contributed by atoms with Gasteiger partial charge in [0.25, 0.3) is 0 Å². The van der Waals surface area contributed by atoms with Crippen LogP contribution >= 0.6 is 0 Å². The van der Waals surface area contributed by atoms with Crippen LogP contribution in [0.2, 0.25) is 0 Å². The Morgan fingerprint density at radius 1 is 0.931 bits per heavy atom. The van der Waals surface area contributed by atoms with Gasteiger partial charge in [-0.25, -0.2) is 8.42 Å². The van der Waals surface area contributed by atoms with E-state index in [4.69, 9.17) is 4.74 Å². The molecule has 0 aliphatic heterocycles. The largest absolute Gasteiger partial charge is 0.456 e. The van der Waals surface area contributed by atoms with Crippen LogP contribution in [-0.4, -0.2) is 33.3 Å². The van der Waals surface area contributed by atoms with Gasteiger partial charge >= 0.3 is 5.97 Å². The van der Waals surface area contributed by atoms with Crippen molar-refractivity contribution < 1.29 is 22.7 Å². The van der Waals surface area contributed by atoms with E-state index in [0.29, 0.717) is 5.56 Å². The second-order valence-corrected chi connectivity index (χ2v) is 8.50. The van der Waals surface area contributed by atoms with Gasteiger partial charge in [0, 0.05) is 5.56 Å². The molecule has 0 saturated carbocycles. The normalized spacial score (nSPS) is 11.4. The third kappa shape index (κ3) is 5.07. The Kier molecular flexibility index (Phi) is 6.10. The van der Waals surface area contributed by atoms with Crippen LogP contribution in [0.25, 0.3) is 10.8 Å². The topological polar surface area (TPSA) is 89.5 Å². The van der Waals surface area contributed by atoms with Crippen LogP contribution in [-0.2, 0) is 19.6 Å². The van der Waals surface area contributed by atoms with Gasteiger partial charge < -0.3 is 4.74 Å². The van der Waals surface area contributed by atoms with E-state index in [1.807, 2.05) is 43.3 Å². The van der Waals surface area contributed by atoms with E-state index >= 15 is 0 Å². The number of benzene rings is 3. The summed E-state index contributed by atoms with van der Waals surface area (Å²) in [6.45, 7) is 2.66. The summed E-state index contributed by atoms with van der Waals surface area (Å²) in [6, 6.07) is 17.5. The van der Waals surface area contributed by atoms with Gasteiger partial charge in [-0.15, -0.1) is 0 Å². The number of carbonyl (C=O) groups is 2. The number of sulfonamides is 1. The van der Waals surface area contributed by atoms with E-state index in [0.717, 1.165) is 21.9 Å². The molecule has 0 bridgehead atoms. The van der Waals surface area contributed by atoms with Gasteiger partial charge in [-0.1, -0.05) is 48.0 Å². The van der Waals surface area contributed by atoms with Crippen LogP contribution in [0.5, 0.6) is 0 Å². The third-order valence-electron chi connectivity index (χ3n) is 4.50. The molecule has 7 heteroatoms. The van der Waals surface area contributed by atoms with Crippen molar-refractivity contribution in [1.29, 1.82) is 0 Å². The molecule has 0 unspecified atom stereocenters. The Morgan fingerprint density at radius 3 is 2.41 bits per heavy atom. The Balaban J connectivity index is 1.59. The van der Waals surface area contributed by atoms with Crippen molar-refractivity contribution in [1.82, 2.24) is 4.72 Å². The lowest BCUT2D eigenvalue weighted by Gasteiger charge is -2.09. The summed E-state index contributed by atoms with van der Waals surface area (Å²) in [4.78, 5) is 24.2. The lowest BCUT2D eigenvalue weighted by molar-refractivity contribution is -0.141. The molecule has 0 spiro atoms. The molecule has 0 amide bonds. The summed E-state index contributed by atoms with van der Waals surface area (Å²) in [5.74, 6) is -1.16. The minimum atomic E-state index is -3.89. The molecule has 3 aromatic carbocycles. The van der Waals surface area contributed by atoms with Gasteiger partial charge in [-0.05, 0) is 48.4 Å². The van der Waals surface area contributed by atoms with Gasteiger partial charge in [0.15, 0.2) is 6.61 Å². The first-order chi connectivity index (χ1) is 13.8. The fourth-order valence-corrected chi connectivity index (χ4v) is 3.89. The molecular formula is C22H21NO5S. The van der Waals surface area contributed by atoms with Crippen molar-refractivity contribution in [3.05, 3.63) is 77.4 Å². The Labute approximate surface area is 169 Å². The highest BCUT2D eigenvalue weighted by Gasteiger charge is 2.18. The molecule has 0 heterocycles. The lowest BCUT2D eigenvalue weighted by Crippen LogP contribution is -2.31. The maximum absolute atomic E-state index is 12.4. The fourth-order valence-electron chi connectivity index (χ4n) is 2.88. The Hall–Kier alpha value is -3.03. The zero-order valence-electron chi connectivity index (χ0n) is 16.1. The number of aryl methyl sites for hydroxylation is 2. The molecule has 3 aromatic rings. The summed E-state index contributed by atoms with van der Waals surface area (Å²) in [5.41, 5.74) is 2.19. The maximum Gasteiger partial charge on any atom is 0.321 e. The van der Waals surface area contributed by atoms with Crippen molar-refractivity contribution in [2.24, 2.45) is 0 Å². The number of ether oxygens (including phenoxy) is 1. The van der Waals surface area contributed by atoms with Crippen LogP contribution in [0.3, 0.4) is 0 Å². The van der Waals surface area contributed by atoms with Crippen molar-refractivity contribution >= 4 is 32.5 Å². The number of carbonyl (C=O) groups excluding carboxylic acids is 2. The summed E-state index contributed by atoms with van der Waals surface area (Å²) in [6.07, 6.45) is 0. The highest BCUT2D eigenvalue weighted by molar-refractivity contribution is 7.89. The summed E-state index contributed by atoms with van der Waals surface area (Å²) >= 11 is 0. The highest BCUT2D eigenvalue weighted by Crippen LogP contribution is 2.18. The molecule has 6 nitrogen and oxygen atoms in total. The predicted octanol–water partition coefficient (Wildman–Crippen LogP) is 3.16. The van der Waals surface area contributed by atoms with Gasteiger partial charge in [-0.2, -0.15) is 4.72 Å². The molecule has 0 aliphatic rings. The fraction of sp³-hybridized carbons (Fsp3) is 0.182. The van der Waals surface area contributed by atoms with Crippen LogP contribution < -0.4 is 4.72 Å². The molecule has 0 saturated heterocycles. The quantitative estimate of drug-likeness (QED) is 0.476. The summed E-state index contributed by atoms with van der Waals surface area (Å²) < 4.78 is 32.0. The van der Waals surface area contributed by atoms with Gasteiger partial charge in [0.1, 0.15) is 6.54 Å². The molecule has 29 heavy (non-hydrogen) atoms. The maximum atomic E-state index is 12.4. The molecule has 0 aliphatic carbocycles. The molecule has 0 radical (unpaired) electrons. The number of Topliss-reactive ketones (excluding diaryl/α,β-unsaturated/α-hetero) is 1. The van der Waals surface area contributed by atoms with Crippen molar-refractivity contribution in [3.63, 3.8) is 0 Å². The van der Waals surface area contributed by atoms with Crippen LogP contribution in [0.1, 0.15) is 21.5 Å². The van der Waals surface area contributed by atoms with Crippen LogP contribution in [0.4, 0.5) is 0 Å². The summed E-state index contributed by atoms with van der Waals surface area (Å²) in [7, 11) is -3.89. The monoisotopic (exact) mass is 411 g/mol. The second kappa shape index (κ2) is 8.55. The van der Waals surface area contributed by atoms with Gasteiger partial charge in [-0.3, -0.25) is 9.59 Å². The number of esters is 1. The van der Waals surface area contributed by atoms with E-state index in [1.54, 1.807) is 19.1 Å². The Morgan fingerprint density at radius 2 is 1.66 bits per heavy atom. The first kappa shape index (κ1) is 20.7. The van der Waals surface area contributed by atoms with E-state index in [9.17, 15) is 18.0 Å². The number of hydrogen-bond acceptors (Lipinski definition) is 5. The molecule has 0 aromatic heterocycles. The molecule has 150 valence electrons. The zero-order chi connectivity index (χ0) is 21.0. The minimum Gasteiger partial charge on any atom is -0.456 e. The van der Waals surface area contributed by atoms with E-state index in [2.05, 4.69) is 4.72 Å². The minimum absolute atomic E-state index is 0.0514. The number of ketones is 1. The van der Waals surface area contributed by atoms with Crippen molar-refractivity contribution in [3.8, 4) is 0 Å². The van der Waals surface area contributed by atoms with Crippen molar-refractivity contribution in [2.45, 2.75) is 18.7 Å². The van der Waals surface area contributed by atoms with Crippen LogP contribution in [0.15, 0.2) is 65.6 Å². The molecular weight excluding hydrogens is 390 g/mol. The first-order valence-corrected chi connectivity index (χ1v) is 10.5. The third-order valence-corrected chi connectivity index (χ3v) is 5.89. The van der Waals surface area contributed by atoms with Crippen LogP contribution in [0, 0.1) is 13.8 Å². The average molecular weight is 411 g/mol. The number of fused-ring (bicyclic) bond motifs is 1. The SMILES string of the molecule is Cc1ccc(C)c(C(=O)COC(=O)CNS(=O)(=O)c2ccc3ccccc3c2)c1. The zero-order valence-corrected chi connectivity index (χ0v) is 17.0. The average Bonchev–Trinajstić information content (AvgIpc) is 2.72. The Bertz CT molecular complexity index is 1180. The van der Waals surface area contributed by atoms with E-state index < -0.39 is 29.1 Å². The molecule has 0 fully saturated rings. The number of hydrogen-bond donors (Lipinski definition) is 1.